The van der Waals surface area contributed by atoms with Gasteiger partial charge in [0.1, 0.15) is 5.52 Å². The van der Waals surface area contributed by atoms with Gasteiger partial charge in [-0.05, 0) is 17.7 Å². The molecule has 5 heteroatoms. The minimum atomic E-state index is -0.112. The number of nitrogens with one attached hydrogen (secondary N) is 1. The number of amides is 2. The number of fused-ring (bicyclic) bond motifs is 1. The van der Waals surface area contributed by atoms with Crippen molar-refractivity contribution >= 4 is 17.1 Å². The summed E-state index contributed by atoms with van der Waals surface area (Å²) in [6, 6.07) is 5.65. The number of carbonyl (C=O) groups excluding carboxylic acids is 1. The molecule has 0 aliphatic rings. The number of aromatic nitrogens is 1. The fraction of sp³-hybridized carbons (Fsp3) is 0.333. The Balaban J connectivity index is 2.21. The molecule has 1 N–H and O–H groups in total. The largest absolute Gasteiger partial charge is 0.441 e. The van der Waals surface area contributed by atoms with Crippen molar-refractivity contribution in [2.45, 2.75) is 13.5 Å². The van der Waals surface area contributed by atoms with Crippen LogP contribution in [0.1, 0.15) is 11.5 Å². The number of oxazole rings is 1. The molecule has 2 rings (SSSR count). The normalized spacial score (nSPS) is 10.5. The molecule has 0 aliphatic heterocycles. The van der Waals surface area contributed by atoms with Crippen LogP contribution in [0.4, 0.5) is 4.79 Å². The molecular formula is C12H15N3O2. The monoisotopic (exact) mass is 233 g/mol. The van der Waals surface area contributed by atoms with E-state index in [4.69, 9.17) is 4.42 Å². The molecule has 0 unspecified atom stereocenters. The van der Waals surface area contributed by atoms with Gasteiger partial charge in [-0.2, -0.15) is 0 Å². The van der Waals surface area contributed by atoms with Crippen molar-refractivity contribution in [1.29, 1.82) is 0 Å². The number of hydrogen-bond acceptors (Lipinski definition) is 3. The zero-order valence-electron chi connectivity index (χ0n) is 10.2. The van der Waals surface area contributed by atoms with Gasteiger partial charge in [-0.3, -0.25) is 0 Å². The summed E-state index contributed by atoms with van der Waals surface area (Å²) < 4.78 is 5.45. The van der Waals surface area contributed by atoms with E-state index in [1.165, 1.54) is 0 Å². The van der Waals surface area contributed by atoms with Crippen LogP contribution in [0.2, 0.25) is 0 Å². The number of urea groups is 1. The van der Waals surface area contributed by atoms with Crippen LogP contribution in [0.3, 0.4) is 0 Å². The van der Waals surface area contributed by atoms with E-state index >= 15 is 0 Å². The number of benzene rings is 1. The summed E-state index contributed by atoms with van der Waals surface area (Å²) in [6.07, 6.45) is 0. The minimum Gasteiger partial charge on any atom is -0.441 e. The SMILES string of the molecule is CNC(=O)N(C)Cc1ccc2nc(C)oc2c1. The first kappa shape index (κ1) is 11.4. The van der Waals surface area contributed by atoms with Crippen molar-refractivity contribution in [3.05, 3.63) is 29.7 Å². The minimum absolute atomic E-state index is 0.112. The van der Waals surface area contributed by atoms with Crippen molar-refractivity contribution < 1.29 is 9.21 Å². The van der Waals surface area contributed by atoms with E-state index in [1.54, 1.807) is 19.0 Å². The van der Waals surface area contributed by atoms with Gasteiger partial charge in [-0.15, -0.1) is 0 Å². The van der Waals surface area contributed by atoms with E-state index in [-0.39, 0.29) is 6.03 Å². The van der Waals surface area contributed by atoms with Crippen molar-refractivity contribution in [2.75, 3.05) is 14.1 Å². The average molecular weight is 233 g/mol. The molecule has 0 fully saturated rings. The van der Waals surface area contributed by atoms with E-state index < -0.39 is 0 Å². The quantitative estimate of drug-likeness (QED) is 0.862. The van der Waals surface area contributed by atoms with Gasteiger partial charge in [0.2, 0.25) is 0 Å². The summed E-state index contributed by atoms with van der Waals surface area (Å²) in [5.41, 5.74) is 2.61. The zero-order valence-corrected chi connectivity index (χ0v) is 10.2. The lowest BCUT2D eigenvalue weighted by molar-refractivity contribution is 0.209. The maximum absolute atomic E-state index is 11.4. The molecule has 0 saturated heterocycles. The summed E-state index contributed by atoms with van der Waals surface area (Å²) in [5.74, 6) is 0.650. The van der Waals surface area contributed by atoms with E-state index in [1.807, 2.05) is 25.1 Å². The van der Waals surface area contributed by atoms with Crippen molar-refractivity contribution in [1.82, 2.24) is 15.2 Å². The molecule has 1 aromatic heterocycles. The second kappa shape index (κ2) is 4.45. The molecular weight excluding hydrogens is 218 g/mol. The first-order valence-corrected chi connectivity index (χ1v) is 5.39. The number of carbonyl (C=O) groups is 1. The standard InChI is InChI=1S/C12H15N3O2/c1-8-14-10-5-4-9(6-11(10)17-8)7-15(3)12(16)13-2/h4-6H,7H2,1-3H3,(H,13,16). The summed E-state index contributed by atoms with van der Waals surface area (Å²) >= 11 is 0. The second-order valence-electron chi connectivity index (χ2n) is 3.95. The number of hydrogen-bond donors (Lipinski definition) is 1. The molecule has 90 valence electrons. The van der Waals surface area contributed by atoms with Crippen LogP contribution in [-0.2, 0) is 6.54 Å². The Labute approximate surface area is 99.4 Å². The number of aryl methyl sites for hydroxylation is 1. The Kier molecular flexibility index (Phi) is 2.99. The molecule has 5 nitrogen and oxygen atoms in total. The van der Waals surface area contributed by atoms with Gasteiger partial charge < -0.3 is 14.6 Å². The fourth-order valence-corrected chi connectivity index (χ4v) is 1.72. The van der Waals surface area contributed by atoms with Crippen LogP contribution >= 0.6 is 0 Å². The van der Waals surface area contributed by atoms with E-state index in [2.05, 4.69) is 10.3 Å². The maximum atomic E-state index is 11.4. The van der Waals surface area contributed by atoms with E-state index in [0.717, 1.165) is 16.7 Å². The lowest BCUT2D eigenvalue weighted by Gasteiger charge is -2.16. The molecule has 17 heavy (non-hydrogen) atoms. The molecule has 1 heterocycles. The van der Waals surface area contributed by atoms with Crippen LogP contribution in [-0.4, -0.2) is 30.0 Å². The summed E-state index contributed by atoms with van der Waals surface area (Å²) in [7, 11) is 3.36. The first-order chi connectivity index (χ1) is 8.10. The first-order valence-electron chi connectivity index (χ1n) is 5.39. The predicted octanol–water partition coefficient (Wildman–Crippen LogP) is 1.91. The van der Waals surface area contributed by atoms with E-state index in [0.29, 0.717) is 12.4 Å². The highest BCUT2D eigenvalue weighted by Crippen LogP contribution is 2.17. The smallest absolute Gasteiger partial charge is 0.317 e. The maximum Gasteiger partial charge on any atom is 0.317 e. The van der Waals surface area contributed by atoms with Crippen molar-refractivity contribution in [3.63, 3.8) is 0 Å². The van der Waals surface area contributed by atoms with Gasteiger partial charge in [0, 0.05) is 27.6 Å². The molecule has 0 atom stereocenters. The average Bonchev–Trinajstić information content (AvgIpc) is 2.67. The molecule has 0 bridgehead atoms. The molecule has 2 aromatic rings. The van der Waals surface area contributed by atoms with Crippen LogP contribution < -0.4 is 5.32 Å². The second-order valence-corrected chi connectivity index (χ2v) is 3.95. The Morgan fingerprint density at radius 3 is 3.00 bits per heavy atom. The van der Waals surface area contributed by atoms with Gasteiger partial charge in [0.25, 0.3) is 0 Å². The molecule has 0 radical (unpaired) electrons. The molecule has 1 aromatic carbocycles. The van der Waals surface area contributed by atoms with E-state index in [9.17, 15) is 4.79 Å². The summed E-state index contributed by atoms with van der Waals surface area (Å²) in [4.78, 5) is 17.2. The Morgan fingerprint density at radius 2 is 2.29 bits per heavy atom. The summed E-state index contributed by atoms with van der Waals surface area (Å²) in [5, 5.41) is 2.58. The van der Waals surface area contributed by atoms with Crippen LogP contribution in [0.25, 0.3) is 11.1 Å². The highest BCUT2D eigenvalue weighted by Gasteiger charge is 2.08. The summed E-state index contributed by atoms with van der Waals surface area (Å²) in [6.45, 7) is 2.35. The van der Waals surface area contributed by atoms with Gasteiger partial charge in [-0.25, -0.2) is 9.78 Å². The van der Waals surface area contributed by atoms with Crippen molar-refractivity contribution in [2.24, 2.45) is 0 Å². The molecule has 0 spiro atoms. The van der Waals surface area contributed by atoms with Crippen LogP contribution in [0, 0.1) is 6.92 Å². The molecule has 2 amide bonds. The molecule has 0 saturated carbocycles. The van der Waals surface area contributed by atoms with Gasteiger partial charge in [0.05, 0.1) is 0 Å². The fourth-order valence-electron chi connectivity index (χ4n) is 1.72. The van der Waals surface area contributed by atoms with Gasteiger partial charge >= 0.3 is 6.03 Å². The highest BCUT2D eigenvalue weighted by molar-refractivity contribution is 5.75. The topological polar surface area (TPSA) is 58.4 Å². The Hall–Kier alpha value is -2.04. The zero-order chi connectivity index (χ0) is 12.4. The van der Waals surface area contributed by atoms with Crippen molar-refractivity contribution in [3.8, 4) is 0 Å². The third kappa shape index (κ3) is 2.38. The Bertz CT molecular complexity index is 548. The third-order valence-corrected chi connectivity index (χ3v) is 2.54. The third-order valence-electron chi connectivity index (χ3n) is 2.54. The van der Waals surface area contributed by atoms with Gasteiger partial charge in [-0.1, -0.05) is 6.07 Å². The lowest BCUT2D eigenvalue weighted by Crippen LogP contribution is -2.34. The van der Waals surface area contributed by atoms with Crippen LogP contribution in [0.15, 0.2) is 22.6 Å². The number of rotatable bonds is 2. The lowest BCUT2D eigenvalue weighted by atomic mass is 10.2. The number of nitrogens with zero attached hydrogens (tertiary/aromatic N) is 2. The molecule has 0 aliphatic carbocycles. The Morgan fingerprint density at radius 1 is 1.53 bits per heavy atom. The highest BCUT2D eigenvalue weighted by atomic mass is 16.3. The predicted molar refractivity (Wildman–Crippen MR) is 64.7 cm³/mol. The van der Waals surface area contributed by atoms with Crippen LogP contribution in [0.5, 0.6) is 0 Å². The van der Waals surface area contributed by atoms with Gasteiger partial charge in [0.15, 0.2) is 11.5 Å².